The van der Waals surface area contributed by atoms with Crippen molar-refractivity contribution in [2.45, 2.75) is 39.5 Å². The van der Waals surface area contributed by atoms with Gasteiger partial charge in [-0.2, -0.15) is 10.5 Å². The summed E-state index contributed by atoms with van der Waals surface area (Å²) in [5, 5.41) is 31.5. The molecule has 228 valence electrons. The molecule has 0 N–H and O–H groups in total. The monoisotopic (exact) mass is 614 g/mol. The summed E-state index contributed by atoms with van der Waals surface area (Å²) in [5.41, 5.74) is 8.04. The first-order chi connectivity index (χ1) is 23.4. The highest BCUT2D eigenvalue weighted by Gasteiger charge is 2.20. The highest BCUT2D eigenvalue weighted by atomic mass is 14.3. The number of nitrogens with zero attached hydrogens (tertiary/aromatic N) is 2. The normalized spacial score (nSPS) is 11.7. The average Bonchev–Trinajstić information content (AvgIpc) is 3.13. The molecule has 0 unspecified atom stereocenters. The zero-order valence-corrected chi connectivity index (χ0v) is 27.6. The second kappa shape index (κ2) is 11.4. The minimum Gasteiger partial charge on any atom is -0.192 e. The Bertz CT molecular complexity index is 2470. The summed E-state index contributed by atoms with van der Waals surface area (Å²) in [6.07, 6.45) is 0. The first kappa shape index (κ1) is 29.4. The van der Waals surface area contributed by atoms with Gasteiger partial charge in [0.05, 0.1) is 11.1 Å². The van der Waals surface area contributed by atoms with Gasteiger partial charge in [-0.25, -0.2) is 0 Å². The lowest BCUT2D eigenvalue weighted by atomic mass is 9.83. The third-order valence-electron chi connectivity index (χ3n) is 10.1. The van der Waals surface area contributed by atoms with Crippen LogP contribution in [0.4, 0.5) is 0 Å². The van der Waals surface area contributed by atoms with Crippen LogP contribution in [-0.4, -0.2) is 0 Å². The third kappa shape index (κ3) is 4.53. The quantitative estimate of drug-likeness (QED) is 0.185. The number of nitriles is 2. The van der Waals surface area contributed by atoms with Crippen molar-refractivity contribution in [1.29, 1.82) is 10.5 Å². The smallest absolute Gasteiger partial charge is 0.101 e. The molecule has 0 aliphatic heterocycles. The van der Waals surface area contributed by atoms with Gasteiger partial charge in [0.2, 0.25) is 0 Å². The van der Waals surface area contributed by atoms with Gasteiger partial charge in [0.25, 0.3) is 0 Å². The van der Waals surface area contributed by atoms with E-state index in [9.17, 15) is 10.5 Å². The van der Waals surface area contributed by atoms with Crippen LogP contribution in [0, 0.1) is 22.7 Å². The second-order valence-corrected chi connectivity index (χ2v) is 13.5. The standard InChI is InChI=1S/C46H34N2/c1-27(2)29-13-17-31(18-14-29)39-23-43-41-21-33(25-47)34(26-48)22-42(41)44-24-40(32-19-15-30(16-20-32)28(3)4)36-10-6-8-12-38(36)46(44)45(43)37-11-7-5-9-35(37)39/h5-24,27-28H,1-4H3. The molecule has 0 atom stereocenters. The minimum atomic E-state index is 0.395. The Balaban J connectivity index is 1.59. The molecule has 0 aliphatic rings. The fourth-order valence-electron chi connectivity index (χ4n) is 7.52. The van der Waals surface area contributed by atoms with Crippen molar-refractivity contribution in [2.75, 3.05) is 0 Å². The average molecular weight is 615 g/mol. The Labute approximate surface area is 281 Å². The van der Waals surface area contributed by atoms with E-state index >= 15 is 0 Å². The molecule has 0 aliphatic carbocycles. The van der Waals surface area contributed by atoms with Gasteiger partial charge < -0.3 is 0 Å². The van der Waals surface area contributed by atoms with E-state index in [1.807, 2.05) is 12.1 Å². The lowest BCUT2D eigenvalue weighted by Crippen LogP contribution is -1.94. The predicted molar refractivity (Wildman–Crippen MR) is 202 cm³/mol. The lowest BCUT2D eigenvalue weighted by molar-refractivity contribution is 0.867. The predicted octanol–water partition coefficient (Wildman–Crippen LogP) is 12.8. The van der Waals surface area contributed by atoms with Crippen LogP contribution in [0.25, 0.3) is 76.1 Å². The summed E-state index contributed by atoms with van der Waals surface area (Å²) in [6, 6.07) is 48.3. The van der Waals surface area contributed by atoms with E-state index in [2.05, 4.69) is 149 Å². The van der Waals surface area contributed by atoms with Gasteiger partial charge in [0.1, 0.15) is 12.1 Å². The van der Waals surface area contributed by atoms with Crippen LogP contribution in [0.2, 0.25) is 0 Å². The molecule has 2 nitrogen and oxygen atoms in total. The fourth-order valence-corrected chi connectivity index (χ4v) is 7.52. The van der Waals surface area contributed by atoms with Crippen molar-refractivity contribution in [3.05, 3.63) is 144 Å². The zero-order chi connectivity index (χ0) is 33.1. The summed E-state index contributed by atoms with van der Waals surface area (Å²) in [5.74, 6) is 0.903. The van der Waals surface area contributed by atoms with E-state index in [0.717, 1.165) is 43.8 Å². The van der Waals surface area contributed by atoms with Crippen LogP contribution in [0.15, 0.2) is 121 Å². The maximum Gasteiger partial charge on any atom is 0.101 e. The van der Waals surface area contributed by atoms with Crippen LogP contribution in [0.3, 0.4) is 0 Å². The Kier molecular flexibility index (Phi) is 6.98. The molecule has 0 aromatic heterocycles. The third-order valence-corrected chi connectivity index (χ3v) is 10.1. The molecule has 0 radical (unpaired) electrons. The summed E-state index contributed by atoms with van der Waals surface area (Å²) in [6.45, 7) is 8.87. The van der Waals surface area contributed by atoms with Crippen LogP contribution >= 0.6 is 0 Å². The van der Waals surface area contributed by atoms with E-state index in [-0.39, 0.29) is 0 Å². The zero-order valence-electron chi connectivity index (χ0n) is 27.6. The maximum atomic E-state index is 10.2. The Morgan fingerprint density at radius 1 is 0.396 bits per heavy atom. The molecule has 0 saturated carbocycles. The molecule has 0 heterocycles. The van der Waals surface area contributed by atoms with Crippen LogP contribution < -0.4 is 0 Å². The van der Waals surface area contributed by atoms with E-state index in [1.165, 1.54) is 43.4 Å². The van der Waals surface area contributed by atoms with Gasteiger partial charge in [-0.1, -0.05) is 125 Å². The van der Waals surface area contributed by atoms with Gasteiger partial charge in [-0.05, 0) is 123 Å². The molecule has 8 rings (SSSR count). The number of benzene rings is 8. The SMILES string of the molecule is CC(C)c1ccc(-c2cc3c4cc(C#N)c(C#N)cc4c4cc(-c5ccc(C(C)C)cc5)c5ccccc5c4c3c3ccccc23)cc1. The van der Waals surface area contributed by atoms with Crippen molar-refractivity contribution >= 4 is 53.9 Å². The molecule has 0 bridgehead atoms. The van der Waals surface area contributed by atoms with Gasteiger partial charge in [-0.3, -0.25) is 0 Å². The number of fused-ring (bicyclic) bond motifs is 10. The van der Waals surface area contributed by atoms with Crippen molar-refractivity contribution in [1.82, 2.24) is 0 Å². The molecule has 0 spiro atoms. The molecular weight excluding hydrogens is 581 g/mol. The highest BCUT2D eigenvalue weighted by Crippen LogP contribution is 2.47. The summed E-state index contributed by atoms with van der Waals surface area (Å²) in [7, 11) is 0. The molecule has 48 heavy (non-hydrogen) atoms. The van der Waals surface area contributed by atoms with Crippen LogP contribution in [0.1, 0.15) is 61.8 Å². The fraction of sp³-hybridized carbons (Fsp3) is 0.130. The second-order valence-electron chi connectivity index (χ2n) is 13.5. The van der Waals surface area contributed by atoms with E-state index in [4.69, 9.17) is 0 Å². The van der Waals surface area contributed by atoms with E-state index in [1.54, 1.807) is 0 Å². The van der Waals surface area contributed by atoms with Crippen molar-refractivity contribution in [2.24, 2.45) is 0 Å². The molecule has 0 amide bonds. The maximum absolute atomic E-state index is 10.2. The first-order valence-corrected chi connectivity index (χ1v) is 16.7. The Morgan fingerprint density at radius 2 is 0.750 bits per heavy atom. The molecule has 8 aromatic carbocycles. The van der Waals surface area contributed by atoms with Crippen LogP contribution in [-0.2, 0) is 0 Å². The summed E-state index contributed by atoms with van der Waals surface area (Å²) < 4.78 is 0. The minimum absolute atomic E-state index is 0.395. The van der Waals surface area contributed by atoms with E-state index < -0.39 is 0 Å². The van der Waals surface area contributed by atoms with E-state index in [0.29, 0.717) is 23.0 Å². The summed E-state index contributed by atoms with van der Waals surface area (Å²) in [4.78, 5) is 0. The van der Waals surface area contributed by atoms with Crippen LogP contribution in [0.5, 0.6) is 0 Å². The van der Waals surface area contributed by atoms with Crippen molar-refractivity contribution < 1.29 is 0 Å². The van der Waals surface area contributed by atoms with Gasteiger partial charge >= 0.3 is 0 Å². The number of rotatable bonds is 4. The van der Waals surface area contributed by atoms with Gasteiger partial charge in [0, 0.05) is 0 Å². The topological polar surface area (TPSA) is 47.6 Å². The molecule has 0 fully saturated rings. The number of hydrogen-bond donors (Lipinski definition) is 0. The molecule has 2 heteroatoms. The molecular formula is C46H34N2. The summed E-state index contributed by atoms with van der Waals surface area (Å²) >= 11 is 0. The lowest BCUT2D eigenvalue weighted by Gasteiger charge is -2.20. The van der Waals surface area contributed by atoms with Crippen molar-refractivity contribution in [3.8, 4) is 34.4 Å². The number of hydrogen-bond acceptors (Lipinski definition) is 2. The Morgan fingerprint density at radius 3 is 1.08 bits per heavy atom. The van der Waals surface area contributed by atoms with Gasteiger partial charge in [0.15, 0.2) is 0 Å². The van der Waals surface area contributed by atoms with Crippen molar-refractivity contribution in [3.63, 3.8) is 0 Å². The first-order valence-electron chi connectivity index (χ1n) is 16.7. The van der Waals surface area contributed by atoms with Gasteiger partial charge in [-0.15, -0.1) is 0 Å². The molecule has 0 saturated heterocycles. The highest BCUT2D eigenvalue weighted by molar-refractivity contribution is 6.38. The largest absolute Gasteiger partial charge is 0.192 e. The Hall–Kier alpha value is -5.96. The molecule has 8 aromatic rings.